The number of anilines is 1. The predicted molar refractivity (Wildman–Crippen MR) is 123 cm³/mol. The maximum absolute atomic E-state index is 13.4. The fourth-order valence-electron chi connectivity index (χ4n) is 4.77. The summed E-state index contributed by atoms with van der Waals surface area (Å²) >= 11 is 3.55. The summed E-state index contributed by atoms with van der Waals surface area (Å²) in [6.45, 7) is 2.15. The van der Waals surface area contributed by atoms with Crippen molar-refractivity contribution in [3.63, 3.8) is 0 Å². The first-order chi connectivity index (χ1) is 15.1. The standard InChI is InChI=1S/C25H20BrN3O2/c1-2-15-7-9-16(10-8-15)21-14-22-18-5-3-4-6-23(18)31-25(29(22)28-21)19-13-17(26)11-12-20(19)27-24(25)30/h3-13,22H,2,14H2,1H3,(H,27,30)/t22-,25-/m0/s1. The lowest BCUT2D eigenvalue weighted by Gasteiger charge is -2.44. The Morgan fingerprint density at radius 3 is 2.77 bits per heavy atom. The number of halogens is 1. The van der Waals surface area contributed by atoms with E-state index in [1.807, 2.05) is 41.4 Å². The Labute approximate surface area is 188 Å². The lowest BCUT2D eigenvalue weighted by Crippen LogP contribution is -2.55. The first kappa shape index (κ1) is 18.6. The highest BCUT2D eigenvalue weighted by molar-refractivity contribution is 9.10. The average molecular weight is 474 g/mol. The number of nitrogens with one attached hydrogen (secondary N) is 1. The van der Waals surface area contributed by atoms with E-state index < -0.39 is 5.72 Å². The number of para-hydroxylation sites is 1. The van der Waals surface area contributed by atoms with Crippen molar-refractivity contribution in [3.8, 4) is 5.75 Å². The number of hydrogen-bond donors (Lipinski definition) is 1. The molecule has 154 valence electrons. The second-order valence-electron chi connectivity index (χ2n) is 8.09. The van der Waals surface area contributed by atoms with Gasteiger partial charge in [-0.2, -0.15) is 5.10 Å². The average Bonchev–Trinajstić information content (AvgIpc) is 3.35. The Bertz CT molecular complexity index is 1250. The van der Waals surface area contributed by atoms with E-state index in [1.165, 1.54) is 5.56 Å². The van der Waals surface area contributed by atoms with Crippen LogP contribution in [0.5, 0.6) is 5.75 Å². The molecular formula is C25H20BrN3O2. The minimum atomic E-state index is -1.33. The van der Waals surface area contributed by atoms with Crippen LogP contribution >= 0.6 is 15.9 Å². The Hall–Kier alpha value is -3.12. The van der Waals surface area contributed by atoms with Crippen molar-refractivity contribution in [1.82, 2.24) is 5.01 Å². The SMILES string of the molecule is CCc1ccc(C2=NN3[C@@H](C2)c2ccccc2O[C@@]32C(=O)Nc3ccc(Br)cc32)cc1. The molecule has 0 aromatic heterocycles. The molecule has 0 radical (unpaired) electrons. The van der Waals surface area contributed by atoms with E-state index in [-0.39, 0.29) is 11.9 Å². The molecule has 31 heavy (non-hydrogen) atoms. The van der Waals surface area contributed by atoms with Crippen LogP contribution in [0.15, 0.2) is 76.3 Å². The van der Waals surface area contributed by atoms with Gasteiger partial charge in [-0.25, -0.2) is 5.01 Å². The number of amides is 1. The number of hydrazone groups is 1. The molecule has 1 N–H and O–H groups in total. The van der Waals surface area contributed by atoms with E-state index in [9.17, 15) is 4.79 Å². The molecule has 0 unspecified atom stereocenters. The van der Waals surface area contributed by atoms with Gasteiger partial charge in [0.15, 0.2) is 0 Å². The zero-order valence-corrected chi connectivity index (χ0v) is 18.5. The predicted octanol–water partition coefficient (Wildman–Crippen LogP) is 5.36. The quantitative estimate of drug-likeness (QED) is 0.544. The normalized spacial score (nSPS) is 23.0. The van der Waals surface area contributed by atoms with Crippen molar-refractivity contribution in [2.75, 3.05) is 5.32 Å². The van der Waals surface area contributed by atoms with Gasteiger partial charge in [0.2, 0.25) is 0 Å². The van der Waals surface area contributed by atoms with Gasteiger partial charge in [-0.15, -0.1) is 0 Å². The second kappa shape index (κ2) is 6.69. The van der Waals surface area contributed by atoms with Crippen molar-refractivity contribution < 1.29 is 9.53 Å². The summed E-state index contributed by atoms with van der Waals surface area (Å²) in [5, 5.41) is 9.87. The summed E-state index contributed by atoms with van der Waals surface area (Å²) in [6.07, 6.45) is 1.71. The molecule has 0 bridgehead atoms. The van der Waals surface area contributed by atoms with E-state index in [0.29, 0.717) is 6.42 Å². The van der Waals surface area contributed by atoms with Gasteiger partial charge in [-0.1, -0.05) is 65.3 Å². The van der Waals surface area contributed by atoms with E-state index in [2.05, 4.69) is 58.5 Å². The number of benzene rings is 3. The number of carbonyl (C=O) groups excluding carboxylic acids is 1. The molecule has 3 aromatic carbocycles. The first-order valence-electron chi connectivity index (χ1n) is 10.5. The van der Waals surface area contributed by atoms with Crippen molar-refractivity contribution in [2.45, 2.75) is 31.5 Å². The van der Waals surface area contributed by atoms with Gasteiger partial charge < -0.3 is 10.1 Å². The zero-order valence-electron chi connectivity index (χ0n) is 16.9. The molecule has 3 aromatic rings. The summed E-state index contributed by atoms with van der Waals surface area (Å²) in [4.78, 5) is 13.4. The van der Waals surface area contributed by atoms with Crippen LogP contribution in [0.25, 0.3) is 0 Å². The van der Waals surface area contributed by atoms with Crippen molar-refractivity contribution in [3.05, 3.63) is 93.5 Å². The molecule has 0 aliphatic carbocycles. The third-order valence-electron chi connectivity index (χ3n) is 6.37. The monoisotopic (exact) mass is 473 g/mol. The number of rotatable bonds is 2. The topological polar surface area (TPSA) is 53.9 Å². The molecule has 0 fully saturated rings. The maximum Gasteiger partial charge on any atom is 0.306 e. The minimum absolute atomic E-state index is 0.0820. The number of carbonyl (C=O) groups is 1. The number of nitrogens with zero attached hydrogens (tertiary/aromatic N) is 2. The van der Waals surface area contributed by atoms with Crippen LogP contribution in [0.1, 0.15) is 41.6 Å². The third-order valence-corrected chi connectivity index (χ3v) is 6.86. The van der Waals surface area contributed by atoms with Crippen LogP contribution in [0.4, 0.5) is 5.69 Å². The van der Waals surface area contributed by atoms with Crippen LogP contribution in [-0.2, 0) is 16.9 Å². The number of ether oxygens (including phenoxy) is 1. The molecule has 0 saturated heterocycles. The Kier molecular flexibility index (Phi) is 4.02. The molecule has 6 rings (SSSR count). The minimum Gasteiger partial charge on any atom is -0.453 e. The summed E-state index contributed by atoms with van der Waals surface area (Å²) in [5.74, 6) is 0.510. The fourth-order valence-corrected chi connectivity index (χ4v) is 5.13. The molecule has 3 heterocycles. The summed E-state index contributed by atoms with van der Waals surface area (Å²) < 4.78 is 7.38. The first-order valence-corrected chi connectivity index (χ1v) is 11.2. The van der Waals surface area contributed by atoms with E-state index in [4.69, 9.17) is 9.84 Å². The van der Waals surface area contributed by atoms with Crippen molar-refractivity contribution >= 4 is 33.2 Å². The smallest absolute Gasteiger partial charge is 0.306 e. The largest absolute Gasteiger partial charge is 0.453 e. The summed E-state index contributed by atoms with van der Waals surface area (Å²) in [7, 11) is 0. The molecule has 0 saturated carbocycles. The second-order valence-corrected chi connectivity index (χ2v) is 9.01. The number of fused-ring (bicyclic) bond motifs is 6. The van der Waals surface area contributed by atoms with Gasteiger partial charge in [0.1, 0.15) is 5.75 Å². The van der Waals surface area contributed by atoms with E-state index >= 15 is 0 Å². The fraction of sp³-hybridized carbons (Fsp3) is 0.200. The molecule has 3 aliphatic rings. The number of aryl methyl sites for hydroxylation is 1. The van der Waals surface area contributed by atoms with Gasteiger partial charge in [0.25, 0.3) is 5.91 Å². The Morgan fingerprint density at radius 1 is 1.16 bits per heavy atom. The lowest BCUT2D eigenvalue weighted by atomic mass is 9.92. The van der Waals surface area contributed by atoms with Crippen molar-refractivity contribution in [1.29, 1.82) is 0 Å². The van der Waals surface area contributed by atoms with Crippen LogP contribution in [0.3, 0.4) is 0 Å². The molecule has 6 heteroatoms. The molecule has 5 nitrogen and oxygen atoms in total. The van der Waals surface area contributed by atoms with Gasteiger partial charge in [0, 0.05) is 16.5 Å². The van der Waals surface area contributed by atoms with E-state index in [0.717, 1.165) is 44.7 Å². The van der Waals surface area contributed by atoms with Crippen LogP contribution < -0.4 is 10.1 Å². The van der Waals surface area contributed by atoms with Crippen LogP contribution in [-0.4, -0.2) is 16.6 Å². The number of hydrogen-bond acceptors (Lipinski definition) is 4. The highest BCUT2D eigenvalue weighted by Gasteiger charge is 2.60. The molecular weight excluding hydrogens is 454 g/mol. The van der Waals surface area contributed by atoms with Gasteiger partial charge >= 0.3 is 5.72 Å². The summed E-state index contributed by atoms with van der Waals surface area (Å²) in [5.41, 5.74) is 4.58. The van der Waals surface area contributed by atoms with Crippen LogP contribution in [0.2, 0.25) is 0 Å². The Morgan fingerprint density at radius 2 is 1.97 bits per heavy atom. The van der Waals surface area contributed by atoms with Gasteiger partial charge in [-0.3, -0.25) is 4.79 Å². The Balaban J connectivity index is 1.54. The van der Waals surface area contributed by atoms with E-state index in [1.54, 1.807) is 0 Å². The highest BCUT2D eigenvalue weighted by atomic mass is 79.9. The maximum atomic E-state index is 13.4. The highest BCUT2D eigenvalue weighted by Crippen LogP contribution is 2.54. The van der Waals surface area contributed by atoms with Gasteiger partial charge in [0.05, 0.1) is 23.0 Å². The van der Waals surface area contributed by atoms with Crippen LogP contribution in [0, 0.1) is 0 Å². The lowest BCUT2D eigenvalue weighted by molar-refractivity contribution is -0.161. The molecule has 2 atom stereocenters. The van der Waals surface area contributed by atoms with Crippen molar-refractivity contribution in [2.24, 2.45) is 5.10 Å². The van der Waals surface area contributed by atoms with Gasteiger partial charge in [-0.05, 0) is 41.8 Å². The third kappa shape index (κ3) is 2.61. The molecule has 1 spiro atoms. The zero-order chi connectivity index (χ0) is 21.2. The molecule has 1 amide bonds. The summed E-state index contributed by atoms with van der Waals surface area (Å²) in [6, 6.07) is 22.2. The molecule has 3 aliphatic heterocycles.